The van der Waals surface area contributed by atoms with Gasteiger partial charge in [0.15, 0.2) is 0 Å². The van der Waals surface area contributed by atoms with Crippen molar-refractivity contribution in [2.75, 3.05) is 13.1 Å². The zero-order valence-electron chi connectivity index (χ0n) is 13.1. The summed E-state index contributed by atoms with van der Waals surface area (Å²) in [7, 11) is 0. The van der Waals surface area contributed by atoms with Gasteiger partial charge in [-0.05, 0) is 25.3 Å². The van der Waals surface area contributed by atoms with E-state index in [4.69, 9.17) is 0 Å². The highest BCUT2D eigenvalue weighted by molar-refractivity contribution is 5.76. The molecule has 1 aromatic rings. The molecule has 1 atom stereocenters. The van der Waals surface area contributed by atoms with Crippen LogP contribution in [-0.4, -0.2) is 28.8 Å². The van der Waals surface area contributed by atoms with Crippen molar-refractivity contribution in [2.45, 2.75) is 53.1 Å². The van der Waals surface area contributed by atoms with Gasteiger partial charge in [-0.3, -0.25) is 9.48 Å². The van der Waals surface area contributed by atoms with E-state index in [1.165, 1.54) is 0 Å². The smallest absolute Gasteiger partial charge is 0.221 e. The predicted molar refractivity (Wildman–Crippen MR) is 81.4 cm³/mol. The van der Waals surface area contributed by atoms with E-state index in [0.29, 0.717) is 31.5 Å². The van der Waals surface area contributed by atoms with Crippen LogP contribution >= 0.6 is 0 Å². The highest BCUT2D eigenvalue weighted by atomic mass is 16.1. The van der Waals surface area contributed by atoms with Crippen LogP contribution in [0.1, 0.15) is 52.3 Å². The molecule has 1 rings (SSSR count). The number of aromatic nitrogens is 2. The second kappa shape index (κ2) is 8.74. The van der Waals surface area contributed by atoms with Crippen LogP contribution in [0.15, 0.2) is 12.3 Å². The zero-order valence-corrected chi connectivity index (χ0v) is 13.1. The van der Waals surface area contributed by atoms with Crippen molar-refractivity contribution in [1.82, 2.24) is 20.4 Å². The van der Waals surface area contributed by atoms with Crippen molar-refractivity contribution in [3.63, 3.8) is 0 Å². The van der Waals surface area contributed by atoms with Gasteiger partial charge >= 0.3 is 0 Å². The lowest BCUT2D eigenvalue weighted by atomic mass is 10.2. The largest absolute Gasteiger partial charge is 0.356 e. The van der Waals surface area contributed by atoms with Crippen LogP contribution in [0.3, 0.4) is 0 Å². The molecular formula is C15H28N4O. The van der Waals surface area contributed by atoms with Crippen molar-refractivity contribution in [2.24, 2.45) is 5.92 Å². The first-order valence-corrected chi connectivity index (χ1v) is 7.54. The number of hydrogen-bond acceptors (Lipinski definition) is 3. The van der Waals surface area contributed by atoms with E-state index in [1.54, 1.807) is 0 Å². The fraction of sp³-hybridized carbons (Fsp3) is 0.733. The van der Waals surface area contributed by atoms with Gasteiger partial charge in [-0.1, -0.05) is 20.8 Å². The first-order valence-electron chi connectivity index (χ1n) is 7.54. The summed E-state index contributed by atoms with van der Waals surface area (Å²) in [5, 5.41) is 10.7. The summed E-state index contributed by atoms with van der Waals surface area (Å²) < 4.78 is 1.99. The molecule has 0 aromatic carbocycles. The number of hydrogen-bond donors (Lipinski definition) is 2. The lowest BCUT2D eigenvalue weighted by Crippen LogP contribution is -2.30. The van der Waals surface area contributed by atoms with Crippen LogP contribution < -0.4 is 10.6 Å². The Morgan fingerprint density at radius 3 is 2.80 bits per heavy atom. The summed E-state index contributed by atoms with van der Waals surface area (Å²) >= 11 is 0. The predicted octanol–water partition coefficient (Wildman–Crippen LogP) is 2.11. The van der Waals surface area contributed by atoms with Gasteiger partial charge in [0.05, 0.1) is 5.69 Å². The van der Waals surface area contributed by atoms with Gasteiger partial charge in [-0.2, -0.15) is 5.10 Å². The Balaban J connectivity index is 2.18. The molecule has 0 bridgehead atoms. The number of carbonyl (C=O) groups excluding carboxylic acids is 1. The molecule has 0 spiro atoms. The molecule has 5 nitrogen and oxygen atoms in total. The molecule has 0 fully saturated rings. The van der Waals surface area contributed by atoms with E-state index < -0.39 is 0 Å². The van der Waals surface area contributed by atoms with Crippen molar-refractivity contribution in [1.29, 1.82) is 0 Å². The SMILES string of the molecule is CCC(C)n1ccc(CNCCC(=O)NCC(C)C)n1. The Labute approximate surface area is 122 Å². The van der Waals surface area contributed by atoms with E-state index in [-0.39, 0.29) is 5.91 Å². The topological polar surface area (TPSA) is 59.0 Å². The molecule has 0 saturated heterocycles. The third-order valence-corrected chi connectivity index (χ3v) is 3.25. The van der Waals surface area contributed by atoms with Crippen molar-refractivity contribution in [3.05, 3.63) is 18.0 Å². The second-order valence-corrected chi connectivity index (χ2v) is 5.67. The van der Waals surface area contributed by atoms with Crippen LogP contribution in [0.25, 0.3) is 0 Å². The number of nitrogens with one attached hydrogen (secondary N) is 2. The summed E-state index contributed by atoms with van der Waals surface area (Å²) in [6.45, 7) is 10.6. The lowest BCUT2D eigenvalue weighted by Gasteiger charge is -2.09. The first-order chi connectivity index (χ1) is 9.52. The maximum atomic E-state index is 11.5. The van der Waals surface area contributed by atoms with E-state index in [1.807, 2.05) is 16.9 Å². The molecule has 2 N–H and O–H groups in total. The average molecular weight is 280 g/mol. The van der Waals surface area contributed by atoms with Gasteiger partial charge in [0.1, 0.15) is 0 Å². The summed E-state index contributed by atoms with van der Waals surface area (Å²) in [4.78, 5) is 11.5. The summed E-state index contributed by atoms with van der Waals surface area (Å²) in [6, 6.07) is 2.46. The average Bonchev–Trinajstić information content (AvgIpc) is 2.89. The standard InChI is InChI=1S/C15H28N4O/c1-5-13(4)19-9-7-14(18-19)11-16-8-6-15(20)17-10-12(2)3/h7,9,12-13,16H,5-6,8,10-11H2,1-4H3,(H,17,20). The van der Waals surface area contributed by atoms with Gasteiger partial charge in [0.2, 0.25) is 5.91 Å². The summed E-state index contributed by atoms with van der Waals surface area (Å²) in [5.74, 6) is 0.604. The fourth-order valence-electron chi connectivity index (χ4n) is 1.73. The minimum absolute atomic E-state index is 0.108. The van der Waals surface area contributed by atoms with Crippen LogP contribution in [0.2, 0.25) is 0 Å². The lowest BCUT2D eigenvalue weighted by molar-refractivity contribution is -0.121. The molecule has 0 aliphatic carbocycles. The minimum atomic E-state index is 0.108. The number of carbonyl (C=O) groups is 1. The van der Waals surface area contributed by atoms with Crippen LogP contribution in [0.5, 0.6) is 0 Å². The normalized spacial score (nSPS) is 12.7. The van der Waals surface area contributed by atoms with Crippen LogP contribution in [-0.2, 0) is 11.3 Å². The van der Waals surface area contributed by atoms with Crippen molar-refractivity contribution >= 4 is 5.91 Å². The van der Waals surface area contributed by atoms with E-state index in [2.05, 4.69) is 43.4 Å². The highest BCUT2D eigenvalue weighted by Gasteiger charge is 2.05. The molecule has 0 aliphatic rings. The molecule has 20 heavy (non-hydrogen) atoms. The third-order valence-electron chi connectivity index (χ3n) is 3.25. The molecular weight excluding hydrogens is 252 g/mol. The maximum absolute atomic E-state index is 11.5. The van der Waals surface area contributed by atoms with E-state index >= 15 is 0 Å². The number of amides is 1. The second-order valence-electron chi connectivity index (χ2n) is 5.67. The first kappa shape index (κ1) is 16.7. The molecule has 1 amide bonds. The minimum Gasteiger partial charge on any atom is -0.356 e. The van der Waals surface area contributed by atoms with Gasteiger partial charge < -0.3 is 10.6 Å². The number of nitrogens with zero attached hydrogens (tertiary/aromatic N) is 2. The molecule has 0 aliphatic heterocycles. The monoisotopic (exact) mass is 280 g/mol. The highest BCUT2D eigenvalue weighted by Crippen LogP contribution is 2.08. The maximum Gasteiger partial charge on any atom is 0.221 e. The molecule has 114 valence electrons. The van der Waals surface area contributed by atoms with Gasteiger partial charge in [-0.25, -0.2) is 0 Å². The van der Waals surface area contributed by atoms with Crippen LogP contribution in [0.4, 0.5) is 0 Å². The van der Waals surface area contributed by atoms with Gasteiger partial charge in [-0.15, -0.1) is 0 Å². The molecule has 5 heteroatoms. The molecule has 1 aromatic heterocycles. The third kappa shape index (κ3) is 6.19. The molecule has 0 radical (unpaired) electrons. The Bertz CT molecular complexity index is 400. The molecule has 1 unspecified atom stereocenters. The van der Waals surface area contributed by atoms with E-state index in [0.717, 1.165) is 18.7 Å². The van der Waals surface area contributed by atoms with Crippen molar-refractivity contribution < 1.29 is 4.79 Å². The Hall–Kier alpha value is -1.36. The summed E-state index contributed by atoms with van der Waals surface area (Å²) in [6.07, 6.45) is 3.60. The Morgan fingerprint density at radius 2 is 2.15 bits per heavy atom. The van der Waals surface area contributed by atoms with E-state index in [9.17, 15) is 4.79 Å². The van der Waals surface area contributed by atoms with Crippen LogP contribution in [0, 0.1) is 5.92 Å². The Kier molecular flexibility index (Phi) is 7.30. The summed E-state index contributed by atoms with van der Waals surface area (Å²) in [5.41, 5.74) is 1.02. The van der Waals surface area contributed by atoms with Crippen molar-refractivity contribution in [3.8, 4) is 0 Å². The molecule has 1 heterocycles. The quantitative estimate of drug-likeness (QED) is 0.681. The molecule has 0 saturated carbocycles. The van der Waals surface area contributed by atoms with Gasteiger partial charge in [0, 0.05) is 38.3 Å². The van der Waals surface area contributed by atoms with Gasteiger partial charge in [0.25, 0.3) is 0 Å². The Morgan fingerprint density at radius 1 is 1.40 bits per heavy atom. The zero-order chi connectivity index (χ0) is 15.0. The fourth-order valence-corrected chi connectivity index (χ4v) is 1.73. The number of rotatable bonds is 9.